The molecule has 0 saturated carbocycles. The number of rotatable bonds is 1. The summed E-state index contributed by atoms with van der Waals surface area (Å²) in [6, 6.07) is 7.61. The zero-order chi connectivity index (χ0) is 10.8. The number of hydrogen-bond donors (Lipinski definition) is 1. The van der Waals surface area contributed by atoms with E-state index in [1.165, 1.54) is 0 Å². The Kier molecular flexibility index (Phi) is 3.07. The Morgan fingerprint density at radius 3 is 2.43 bits per heavy atom. The van der Waals surface area contributed by atoms with Crippen molar-refractivity contribution in [3.05, 3.63) is 23.8 Å². The first-order valence-electron chi connectivity index (χ1n) is 4.41. The zero-order valence-electron chi connectivity index (χ0n) is 8.66. The molecule has 0 atom stereocenters. The standard InChI is InChI=1S/C11H14N2S/c1-11(2,3)14-9-5-4-8(7-12)10(13)6-9/h4-6H,13H2,1-3H3. The van der Waals surface area contributed by atoms with Crippen LogP contribution in [0.1, 0.15) is 26.3 Å². The van der Waals surface area contributed by atoms with E-state index in [4.69, 9.17) is 11.0 Å². The van der Waals surface area contributed by atoms with E-state index in [-0.39, 0.29) is 4.75 Å². The third-order valence-corrected chi connectivity index (χ3v) is 2.67. The van der Waals surface area contributed by atoms with Crippen molar-refractivity contribution in [1.82, 2.24) is 0 Å². The molecule has 2 N–H and O–H groups in total. The van der Waals surface area contributed by atoms with E-state index in [2.05, 4.69) is 26.8 Å². The van der Waals surface area contributed by atoms with Crippen LogP contribution in [-0.2, 0) is 0 Å². The summed E-state index contributed by atoms with van der Waals surface area (Å²) >= 11 is 1.74. The van der Waals surface area contributed by atoms with E-state index in [9.17, 15) is 0 Å². The number of anilines is 1. The van der Waals surface area contributed by atoms with Crippen LogP contribution in [0.5, 0.6) is 0 Å². The van der Waals surface area contributed by atoms with Gasteiger partial charge in [0, 0.05) is 9.64 Å². The number of hydrogen-bond acceptors (Lipinski definition) is 3. The maximum atomic E-state index is 8.71. The van der Waals surface area contributed by atoms with Crippen LogP contribution in [0.3, 0.4) is 0 Å². The van der Waals surface area contributed by atoms with Gasteiger partial charge in [0.05, 0.1) is 11.3 Å². The van der Waals surface area contributed by atoms with Gasteiger partial charge < -0.3 is 5.73 Å². The molecule has 1 rings (SSSR count). The molecule has 0 unspecified atom stereocenters. The summed E-state index contributed by atoms with van der Waals surface area (Å²) in [5.74, 6) is 0. The van der Waals surface area contributed by atoms with E-state index in [0.717, 1.165) is 4.90 Å². The molecule has 1 aromatic rings. The summed E-state index contributed by atoms with van der Waals surface area (Å²) in [4.78, 5) is 1.11. The SMILES string of the molecule is CC(C)(C)Sc1ccc(C#N)c(N)c1. The van der Waals surface area contributed by atoms with Gasteiger partial charge in [-0.25, -0.2) is 0 Å². The molecule has 14 heavy (non-hydrogen) atoms. The minimum absolute atomic E-state index is 0.167. The van der Waals surface area contributed by atoms with E-state index >= 15 is 0 Å². The molecular weight excluding hydrogens is 192 g/mol. The van der Waals surface area contributed by atoms with Gasteiger partial charge in [0.1, 0.15) is 6.07 Å². The largest absolute Gasteiger partial charge is 0.398 e. The second-order valence-corrected chi connectivity index (χ2v) is 5.98. The molecule has 0 heterocycles. The van der Waals surface area contributed by atoms with Crippen molar-refractivity contribution in [3.63, 3.8) is 0 Å². The number of nitrogens with two attached hydrogens (primary N) is 1. The van der Waals surface area contributed by atoms with Crippen LogP contribution in [0.4, 0.5) is 5.69 Å². The Bertz CT molecular complexity index is 372. The first kappa shape index (κ1) is 10.9. The molecule has 0 fully saturated rings. The minimum atomic E-state index is 0.167. The van der Waals surface area contributed by atoms with Gasteiger partial charge in [-0.05, 0) is 18.2 Å². The summed E-state index contributed by atoms with van der Waals surface area (Å²) in [7, 11) is 0. The Labute approximate surface area is 89.1 Å². The van der Waals surface area contributed by atoms with Gasteiger partial charge in [0.2, 0.25) is 0 Å². The predicted octanol–water partition coefficient (Wildman–Crippen LogP) is 3.03. The molecule has 2 nitrogen and oxygen atoms in total. The van der Waals surface area contributed by atoms with Crippen LogP contribution < -0.4 is 5.73 Å². The molecule has 0 bridgehead atoms. The Morgan fingerprint density at radius 2 is 2.00 bits per heavy atom. The van der Waals surface area contributed by atoms with E-state index in [0.29, 0.717) is 11.3 Å². The van der Waals surface area contributed by atoms with E-state index in [1.807, 2.05) is 12.1 Å². The maximum absolute atomic E-state index is 8.71. The number of thioether (sulfide) groups is 1. The van der Waals surface area contributed by atoms with Crippen molar-refractivity contribution >= 4 is 17.4 Å². The monoisotopic (exact) mass is 206 g/mol. The van der Waals surface area contributed by atoms with Crippen molar-refractivity contribution in [3.8, 4) is 6.07 Å². The second-order valence-electron chi connectivity index (χ2n) is 4.08. The van der Waals surface area contributed by atoms with Crippen LogP contribution in [0, 0.1) is 11.3 Å². The van der Waals surface area contributed by atoms with Gasteiger partial charge in [-0.15, -0.1) is 11.8 Å². The van der Waals surface area contributed by atoms with E-state index in [1.54, 1.807) is 17.8 Å². The highest BCUT2D eigenvalue weighted by atomic mass is 32.2. The normalized spacial score (nSPS) is 11.0. The maximum Gasteiger partial charge on any atom is 0.101 e. The Hall–Kier alpha value is -1.14. The summed E-state index contributed by atoms with van der Waals surface area (Å²) in [5.41, 5.74) is 6.82. The molecule has 0 saturated heterocycles. The number of nitriles is 1. The molecule has 0 amide bonds. The topological polar surface area (TPSA) is 49.8 Å². The highest BCUT2D eigenvalue weighted by Crippen LogP contribution is 2.33. The number of nitrogens with zero attached hydrogens (tertiary/aromatic N) is 1. The van der Waals surface area contributed by atoms with E-state index < -0.39 is 0 Å². The molecule has 0 radical (unpaired) electrons. The molecule has 0 spiro atoms. The van der Waals surface area contributed by atoms with Gasteiger partial charge >= 0.3 is 0 Å². The molecular formula is C11H14N2S. The summed E-state index contributed by atoms with van der Waals surface area (Å²) in [6.07, 6.45) is 0. The number of nitrogen functional groups attached to an aromatic ring is 1. The molecule has 0 aliphatic rings. The lowest BCUT2D eigenvalue weighted by Crippen LogP contribution is -2.06. The lowest BCUT2D eigenvalue weighted by molar-refractivity contribution is 0.803. The lowest BCUT2D eigenvalue weighted by atomic mass is 10.2. The smallest absolute Gasteiger partial charge is 0.101 e. The Morgan fingerprint density at radius 1 is 1.36 bits per heavy atom. The molecule has 3 heteroatoms. The average molecular weight is 206 g/mol. The highest BCUT2D eigenvalue weighted by Gasteiger charge is 2.12. The van der Waals surface area contributed by atoms with Gasteiger partial charge in [-0.2, -0.15) is 5.26 Å². The molecule has 74 valence electrons. The molecule has 0 aliphatic heterocycles. The summed E-state index contributed by atoms with van der Waals surface area (Å²) in [5, 5.41) is 8.71. The fraction of sp³-hybridized carbons (Fsp3) is 0.364. The van der Waals surface area contributed by atoms with Crippen LogP contribution in [0.15, 0.2) is 23.1 Å². The van der Waals surface area contributed by atoms with Crippen molar-refractivity contribution in [2.24, 2.45) is 0 Å². The fourth-order valence-corrected chi connectivity index (χ4v) is 2.09. The van der Waals surface area contributed by atoms with Crippen LogP contribution >= 0.6 is 11.8 Å². The van der Waals surface area contributed by atoms with Gasteiger partial charge in [0.25, 0.3) is 0 Å². The second kappa shape index (κ2) is 3.93. The predicted molar refractivity (Wildman–Crippen MR) is 61.2 cm³/mol. The van der Waals surface area contributed by atoms with Crippen molar-refractivity contribution in [2.45, 2.75) is 30.4 Å². The highest BCUT2D eigenvalue weighted by molar-refractivity contribution is 8.00. The van der Waals surface area contributed by atoms with Crippen molar-refractivity contribution in [1.29, 1.82) is 5.26 Å². The summed E-state index contributed by atoms with van der Waals surface area (Å²) in [6.45, 7) is 6.43. The fourth-order valence-electron chi connectivity index (χ4n) is 1.06. The van der Waals surface area contributed by atoms with Gasteiger partial charge in [-0.1, -0.05) is 20.8 Å². The first-order valence-corrected chi connectivity index (χ1v) is 5.23. The lowest BCUT2D eigenvalue weighted by Gasteiger charge is -2.17. The third-order valence-electron chi connectivity index (χ3n) is 1.57. The minimum Gasteiger partial charge on any atom is -0.398 e. The first-order chi connectivity index (χ1) is 6.42. The van der Waals surface area contributed by atoms with Crippen LogP contribution in [-0.4, -0.2) is 4.75 Å². The molecule has 0 aliphatic carbocycles. The summed E-state index contributed by atoms with van der Waals surface area (Å²) < 4.78 is 0.167. The van der Waals surface area contributed by atoms with Crippen molar-refractivity contribution < 1.29 is 0 Å². The molecule has 1 aromatic carbocycles. The van der Waals surface area contributed by atoms with Crippen LogP contribution in [0.25, 0.3) is 0 Å². The number of benzene rings is 1. The average Bonchev–Trinajstić information content (AvgIpc) is 2.01. The van der Waals surface area contributed by atoms with Crippen LogP contribution in [0.2, 0.25) is 0 Å². The Balaban J connectivity index is 2.94. The van der Waals surface area contributed by atoms with Gasteiger partial charge in [-0.3, -0.25) is 0 Å². The van der Waals surface area contributed by atoms with Gasteiger partial charge in [0.15, 0.2) is 0 Å². The quantitative estimate of drug-likeness (QED) is 0.567. The van der Waals surface area contributed by atoms with Crippen molar-refractivity contribution in [2.75, 3.05) is 5.73 Å². The zero-order valence-corrected chi connectivity index (χ0v) is 9.48. The third kappa shape index (κ3) is 2.97. The molecule has 0 aromatic heterocycles.